The fraction of sp³-hybridized carbons (Fsp3) is 0.103. The fourth-order valence-corrected chi connectivity index (χ4v) is 4.20. The van der Waals surface area contributed by atoms with Crippen molar-refractivity contribution in [3.05, 3.63) is 126 Å². The van der Waals surface area contributed by atoms with E-state index in [1.165, 1.54) is 23.5 Å². The standard InChI is InChI=1S/C29H25N5O2/c35-28(24-15-17-30-18-16-24)32-31-27-25-13-7-8-14-26(25)34(29(27)36)21-33(19-22-9-3-1-4-10-22)20-23-11-5-2-6-12-23/h1-18,36H,19-21H2. The van der Waals surface area contributed by atoms with Crippen LogP contribution in [0.25, 0.3) is 10.9 Å². The number of nitrogens with zero attached hydrogens (tertiary/aromatic N) is 5. The van der Waals surface area contributed by atoms with Crippen molar-refractivity contribution in [3.63, 3.8) is 0 Å². The van der Waals surface area contributed by atoms with Crippen molar-refractivity contribution < 1.29 is 9.90 Å². The second kappa shape index (κ2) is 10.8. The molecule has 2 aromatic heterocycles. The summed E-state index contributed by atoms with van der Waals surface area (Å²) in [5.41, 5.74) is 3.81. The van der Waals surface area contributed by atoms with Gasteiger partial charge >= 0.3 is 0 Å². The van der Waals surface area contributed by atoms with Crippen molar-refractivity contribution in [2.24, 2.45) is 10.2 Å². The largest absolute Gasteiger partial charge is 0.493 e. The van der Waals surface area contributed by atoms with Crippen LogP contribution < -0.4 is 0 Å². The van der Waals surface area contributed by atoms with Gasteiger partial charge in [-0.2, -0.15) is 0 Å². The number of para-hydroxylation sites is 1. The highest BCUT2D eigenvalue weighted by Gasteiger charge is 2.19. The van der Waals surface area contributed by atoms with Gasteiger partial charge in [-0.15, -0.1) is 10.2 Å². The van der Waals surface area contributed by atoms with Gasteiger partial charge in [-0.05, 0) is 29.3 Å². The number of hydrogen-bond acceptors (Lipinski definition) is 5. The molecule has 5 rings (SSSR count). The van der Waals surface area contributed by atoms with Crippen LogP contribution in [0.3, 0.4) is 0 Å². The molecule has 178 valence electrons. The number of aromatic hydroxyl groups is 1. The Labute approximate surface area is 209 Å². The fourth-order valence-electron chi connectivity index (χ4n) is 4.20. The number of carbonyl (C=O) groups is 1. The molecule has 2 heterocycles. The van der Waals surface area contributed by atoms with Crippen molar-refractivity contribution in [3.8, 4) is 5.88 Å². The minimum absolute atomic E-state index is 0.0337. The van der Waals surface area contributed by atoms with Gasteiger partial charge in [-0.25, -0.2) is 0 Å². The highest BCUT2D eigenvalue weighted by atomic mass is 16.3. The van der Waals surface area contributed by atoms with Crippen molar-refractivity contribution in [1.29, 1.82) is 0 Å². The number of carbonyl (C=O) groups excluding carboxylic acids is 1. The normalized spacial score (nSPS) is 11.5. The van der Waals surface area contributed by atoms with E-state index in [4.69, 9.17) is 0 Å². The Morgan fingerprint density at radius 2 is 1.39 bits per heavy atom. The first kappa shape index (κ1) is 23.1. The zero-order valence-corrected chi connectivity index (χ0v) is 19.6. The third-order valence-corrected chi connectivity index (χ3v) is 5.92. The van der Waals surface area contributed by atoms with Gasteiger partial charge in [0.2, 0.25) is 5.88 Å². The molecule has 7 heteroatoms. The summed E-state index contributed by atoms with van der Waals surface area (Å²) >= 11 is 0. The molecular weight excluding hydrogens is 450 g/mol. The number of pyridine rings is 1. The molecule has 0 spiro atoms. The maximum Gasteiger partial charge on any atom is 0.295 e. The van der Waals surface area contributed by atoms with Crippen LogP contribution in [0.4, 0.5) is 5.69 Å². The lowest BCUT2D eigenvalue weighted by molar-refractivity contribution is 0.0995. The van der Waals surface area contributed by atoms with E-state index in [0.717, 1.165) is 10.9 Å². The molecule has 0 aliphatic heterocycles. The molecule has 0 radical (unpaired) electrons. The number of azo groups is 1. The number of benzene rings is 3. The molecular formula is C29H25N5O2. The van der Waals surface area contributed by atoms with E-state index in [9.17, 15) is 9.90 Å². The van der Waals surface area contributed by atoms with Crippen molar-refractivity contribution >= 4 is 22.5 Å². The summed E-state index contributed by atoms with van der Waals surface area (Å²) in [6.45, 7) is 1.81. The molecule has 0 aliphatic carbocycles. The molecule has 3 aromatic carbocycles. The molecule has 0 bridgehead atoms. The van der Waals surface area contributed by atoms with E-state index < -0.39 is 5.91 Å². The molecule has 0 aliphatic rings. The molecule has 0 fully saturated rings. The van der Waals surface area contributed by atoms with Gasteiger partial charge in [0.05, 0.1) is 12.2 Å². The van der Waals surface area contributed by atoms with Crippen LogP contribution in [-0.2, 0) is 19.8 Å². The summed E-state index contributed by atoms with van der Waals surface area (Å²) in [6, 6.07) is 31.2. The van der Waals surface area contributed by atoms with Gasteiger partial charge in [0.1, 0.15) is 0 Å². The number of amides is 1. The van der Waals surface area contributed by atoms with E-state index in [2.05, 4.69) is 44.4 Å². The van der Waals surface area contributed by atoms with Crippen molar-refractivity contribution in [2.45, 2.75) is 19.8 Å². The SMILES string of the molecule is O=C(N=Nc1c(O)n(CN(Cc2ccccc2)Cc2ccccc2)c2ccccc12)c1ccncc1. The Morgan fingerprint density at radius 1 is 0.806 bits per heavy atom. The first-order valence-corrected chi connectivity index (χ1v) is 11.7. The molecule has 0 saturated carbocycles. The topological polar surface area (TPSA) is 83.1 Å². The molecule has 0 unspecified atom stereocenters. The molecule has 36 heavy (non-hydrogen) atoms. The van der Waals surface area contributed by atoms with Crippen LogP contribution in [0.15, 0.2) is 120 Å². The molecule has 0 atom stereocenters. The number of fused-ring (bicyclic) bond motifs is 1. The molecule has 7 nitrogen and oxygen atoms in total. The lowest BCUT2D eigenvalue weighted by atomic mass is 10.2. The average molecular weight is 476 g/mol. The Hall–Kier alpha value is -4.62. The second-order valence-electron chi connectivity index (χ2n) is 8.46. The monoisotopic (exact) mass is 475 g/mol. The molecule has 1 amide bonds. The number of aromatic nitrogens is 2. The highest BCUT2D eigenvalue weighted by Crippen LogP contribution is 2.39. The first-order chi connectivity index (χ1) is 17.7. The predicted molar refractivity (Wildman–Crippen MR) is 139 cm³/mol. The third kappa shape index (κ3) is 5.21. The van der Waals surface area contributed by atoms with Gasteiger partial charge < -0.3 is 5.11 Å². The van der Waals surface area contributed by atoms with Gasteiger partial charge in [-0.1, -0.05) is 78.9 Å². The summed E-state index contributed by atoms with van der Waals surface area (Å²) in [7, 11) is 0. The Bertz CT molecular complexity index is 1440. The van der Waals surface area contributed by atoms with Gasteiger partial charge in [0, 0.05) is 36.4 Å². The average Bonchev–Trinajstić information content (AvgIpc) is 3.19. The molecule has 5 aromatic rings. The van der Waals surface area contributed by atoms with Crippen LogP contribution >= 0.6 is 0 Å². The van der Waals surface area contributed by atoms with Crippen LogP contribution in [-0.4, -0.2) is 25.5 Å². The zero-order valence-electron chi connectivity index (χ0n) is 19.6. The second-order valence-corrected chi connectivity index (χ2v) is 8.46. The van der Waals surface area contributed by atoms with Crippen LogP contribution in [0, 0.1) is 0 Å². The quantitative estimate of drug-likeness (QED) is 0.266. The Morgan fingerprint density at radius 3 is 2.03 bits per heavy atom. The van der Waals surface area contributed by atoms with Crippen LogP contribution in [0.2, 0.25) is 0 Å². The van der Waals surface area contributed by atoms with Crippen molar-refractivity contribution in [1.82, 2.24) is 14.5 Å². The lowest BCUT2D eigenvalue weighted by Crippen LogP contribution is -2.25. The molecule has 1 N–H and O–H groups in total. The summed E-state index contributed by atoms with van der Waals surface area (Å²) in [5, 5.41) is 20.0. The minimum atomic E-state index is -0.497. The van der Waals surface area contributed by atoms with Gasteiger partial charge in [0.25, 0.3) is 5.91 Å². The summed E-state index contributed by atoms with van der Waals surface area (Å²) in [5.74, 6) is -0.531. The summed E-state index contributed by atoms with van der Waals surface area (Å²) in [6.07, 6.45) is 3.06. The molecule has 0 saturated heterocycles. The predicted octanol–water partition coefficient (Wildman–Crippen LogP) is 6.33. The summed E-state index contributed by atoms with van der Waals surface area (Å²) in [4.78, 5) is 18.6. The van der Waals surface area contributed by atoms with Crippen LogP contribution in [0.5, 0.6) is 5.88 Å². The third-order valence-electron chi connectivity index (χ3n) is 5.92. The first-order valence-electron chi connectivity index (χ1n) is 11.7. The maximum absolute atomic E-state index is 12.5. The summed E-state index contributed by atoms with van der Waals surface area (Å²) < 4.78 is 1.81. The Kier molecular flexibility index (Phi) is 6.91. The van der Waals surface area contributed by atoms with Crippen LogP contribution in [0.1, 0.15) is 21.5 Å². The lowest BCUT2D eigenvalue weighted by Gasteiger charge is -2.24. The van der Waals surface area contributed by atoms with Gasteiger partial charge in [-0.3, -0.25) is 19.2 Å². The Balaban J connectivity index is 1.49. The number of rotatable bonds is 8. The number of hydrogen-bond donors (Lipinski definition) is 1. The highest BCUT2D eigenvalue weighted by molar-refractivity contribution is 5.97. The van der Waals surface area contributed by atoms with E-state index in [-0.39, 0.29) is 11.6 Å². The van der Waals surface area contributed by atoms with E-state index in [1.807, 2.05) is 65.2 Å². The smallest absolute Gasteiger partial charge is 0.295 e. The zero-order chi connectivity index (χ0) is 24.7. The maximum atomic E-state index is 12.5. The van der Waals surface area contributed by atoms with Crippen molar-refractivity contribution in [2.75, 3.05) is 0 Å². The van der Waals surface area contributed by atoms with E-state index >= 15 is 0 Å². The van der Waals surface area contributed by atoms with Gasteiger partial charge in [0.15, 0.2) is 5.69 Å². The van der Waals surface area contributed by atoms with E-state index in [1.54, 1.807) is 12.1 Å². The minimum Gasteiger partial charge on any atom is -0.493 e. The van der Waals surface area contributed by atoms with E-state index in [0.29, 0.717) is 25.3 Å².